The Hall–Kier alpha value is -6.83. The number of carbonyl (C=O) groups is 2. The van der Waals surface area contributed by atoms with Gasteiger partial charge in [0.05, 0.1) is 39.6 Å². The van der Waals surface area contributed by atoms with Gasteiger partial charge in [0.1, 0.15) is 23.8 Å². The highest BCUT2D eigenvalue weighted by molar-refractivity contribution is 7.13. The van der Waals surface area contributed by atoms with Crippen LogP contribution >= 0.6 is 11.3 Å². The summed E-state index contributed by atoms with van der Waals surface area (Å²) in [6.45, 7) is 15.1. The lowest BCUT2D eigenvalue weighted by molar-refractivity contribution is -0.141. The van der Waals surface area contributed by atoms with Crippen molar-refractivity contribution in [3.8, 4) is 33.3 Å². The molecule has 4 aromatic heterocycles. The van der Waals surface area contributed by atoms with E-state index in [-0.39, 0.29) is 60.7 Å². The predicted molar refractivity (Wildman–Crippen MR) is 289 cm³/mol. The lowest BCUT2D eigenvalue weighted by atomic mass is 9.77. The molecule has 19 heteroatoms. The number of carbonyl (C=O) groups excluding carboxylic acids is 2. The molecule has 75 heavy (non-hydrogen) atoms. The van der Waals surface area contributed by atoms with Crippen LogP contribution in [-0.4, -0.2) is 139 Å². The number of aliphatic hydroxyl groups is 1. The van der Waals surface area contributed by atoms with Crippen LogP contribution in [0.3, 0.4) is 0 Å². The number of para-hydroxylation sites is 1. The number of pyridine rings is 1. The number of benzene rings is 2. The molecule has 394 valence electrons. The number of ether oxygens (including phenoxy) is 1. The Balaban J connectivity index is 0.652. The van der Waals surface area contributed by atoms with E-state index in [1.807, 2.05) is 87.9 Å². The number of hydrogen-bond donors (Lipinski definition) is 4. The van der Waals surface area contributed by atoms with Gasteiger partial charge in [0.15, 0.2) is 17.4 Å². The van der Waals surface area contributed by atoms with Gasteiger partial charge in [-0.3, -0.25) is 14.5 Å². The average Bonchev–Trinajstić information content (AvgIpc) is 4.21. The first-order valence-electron chi connectivity index (χ1n) is 26.6. The van der Waals surface area contributed by atoms with Gasteiger partial charge in [-0.05, 0) is 93.7 Å². The number of phenolic OH excluding ortho intramolecular Hbond substituents is 1. The number of aromatic nitrogens is 5. The lowest BCUT2D eigenvalue weighted by Crippen LogP contribution is -2.54. The fourth-order valence-electron chi connectivity index (χ4n) is 12.2. The second-order valence-electron chi connectivity index (χ2n) is 21.6. The summed E-state index contributed by atoms with van der Waals surface area (Å²) < 4.78 is 12.5. The van der Waals surface area contributed by atoms with Crippen molar-refractivity contribution in [1.82, 2.24) is 40.4 Å². The Morgan fingerprint density at radius 2 is 1.63 bits per heavy atom. The van der Waals surface area contributed by atoms with E-state index in [4.69, 9.17) is 15.0 Å². The van der Waals surface area contributed by atoms with Crippen LogP contribution in [0, 0.1) is 18.8 Å². The van der Waals surface area contributed by atoms with E-state index < -0.39 is 18.1 Å². The Kier molecular flexibility index (Phi) is 14.1. The third-order valence-electron chi connectivity index (χ3n) is 16.5. The molecule has 0 radical (unpaired) electrons. The number of aromatic hydroxyl groups is 1. The van der Waals surface area contributed by atoms with Gasteiger partial charge in [0.25, 0.3) is 0 Å². The molecule has 5 fully saturated rings. The number of rotatable bonds is 15. The van der Waals surface area contributed by atoms with E-state index in [1.54, 1.807) is 23.5 Å². The lowest BCUT2D eigenvalue weighted by Gasteiger charge is -2.46. The summed E-state index contributed by atoms with van der Waals surface area (Å²) in [7, 11) is 0. The van der Waals surface area contributed by atoms with Crippen LogP contribution in [0.15, 0.2) is 89.0 Å². The van der Waals surface area contributed by atoms with Crippen molar-refractivity contribution in [2.75, 3.05) is 66.2 Å². The second kappa shape index (κ2) is 21.1. The number of anilines is 4. The standard InChI is InChI=1S/C56H68N12O6S/c1-32(2)52(56(72)67-30-42(69)25-47(67)55(71)60-33(3)36-10-12-37(13-11-36)53-34(4)59-31-75-53)49-27-50(63-74-49)65-20-18-64(19-21-65)35(5)38-22-43(23-38)73-51-24-39(16-17-58-51)68-40-14-15-41(68)29-66(28-40)46-26-45(61-62-54(46)57)44-8-6-7-9-48(44)70/h6-13,16-17,24,26-27,31-33,35,38,40-43,47,52,69-70H,14-15,18-23,25,28-30H2,1-5H3,(H2,57,62)(H,60,71)/t33-,35-,38?,40+,41?,42+,43?,47-,52-/m0/s1. The number of phenols is 1. The normalized spacial score (nSPS) is 24.0. The smallest absolute Gasteiger partial charge is 0.243 e. The minimum absolute atomic E-state index is 0.0746. The van der Waals surface area contributed by atoms with Gasteiger partial charge in [0.2, 0.25) is 17.7 Å². The SMILES string of the molecule is Cc1ncsc1-c1ccc([C@H](C)NC(=O)[C@@H]2C[C@@H](O)CN2C(=O)[C@H](c2cc(N3CCN([C@@H](C)C4CC(Oc5cc(N6C7CC[C@@H]6CN(c6cc(-c8ccccc8O)nnc6N)C7)ccn5)C4)CC3)no2)C(C)C)cc1. The first kappa shape index (κ1) is 50.3. The first-order valence-corrected chi connectivity index (χ1v) is 27.5. The average molecular weight is 1040 g/mol. The molecular weight excluding hydrogens is 969 g/mol. The highest BCUT2D eigenvalue weighted by Gasteiger charge is 2.45. The summed E-state index contributed by atoms with van der Waals surface area (Å²) in [5.74, 6) is 1.53. The molecule has 2 bridgehead atoms. The number of fused-ring (bicyclic) bond motifs is 2. The molecule has 18 nitrogen and oxygen atoms in total. The van der Waals surface area contributed by atoms with Crippen LogP contribution in [0.1, 0.15) is 88.8 Å². The number of nitrogens with zero attached hydrogens (tertiary/aromatic N) is 10. The Morgan fingerprint density at radius 3 is 2.33 bits per heavy atom. The van der Waals surface area contributed by atoms with Gasteiger partial charge in [0, 0.05) is 99.9 Å². The van der Waals surface area contributed by atoms with Crippen molar-refractivity contribution < 1.29 is 29.1 Å². The molecule has 7 atom stereocenters. The molecular formula is C56H68N12O6S. The van der Waals surface area contributed by atoms with E-state index in [0.717, 1.165) is 98.0 Å². The maximum Gasteiger partial charge on any atom is 0.243 e. The zero-order valence-electron chi connectivity index (χ0n) is 43.3. The quantitative estimate of drug-likeness (QED) is 0.0811. The number of aryl methyl sites for hydroxylation is 1. The minimum atomic E-state index is -0.812. The Morgan fingerprint density at radius 1 is 0.880 bits per heavy atom. The topological polar surface area (TPSA) is 216 Å². The van der Waals surface area contributed by atoms with Crippen LogP contribution in [0.25, 0.3) is 21.7 Å². The monoisotopic (exact) mass is 1040 g/mol. The van der Waals surface area contributed by atoms with Gasteiger partial charge in [-0.1, -0.05) is 55.4 Å². The molecule has 6 aromatic rings. The highest BCUT2D eigenvalue weighted by Crippen LogP contribution is 2.42. The van der Waals surface area contributed by atoms with Gasteiger partial charge in [-0.15, -0.1) is 21.5 Å². The third-order valence-corrected chi connectivity index (χ3v) is 17.5. The number of nitrogens with two attached hydrogens (primary N) is 1. The van der Waals surface area contributed by atoms with Crippen LogP contribution in [0.2, 0.25) is 0 Å². The molecule has 1 saturated carbocycles. The molecule has 4 aliphatic heterocycles. The summed E-state index contributed by atoms with van der Waals surface area (Å²) >= 11 is 1.60. The number of nitrogen functional groups attached to an aromatic ring is 1. The van der Waals surface area contributed by atoms with Gasteiger partial charge >= 0.3 is 0 Å². The van der Waals surface area contributed by atoms with Crippen molar-refractivity contribution >= 4 is 46.2 Å². The molecule has 1 aliphatic carbocycles. The minimum Gasteiger partial charge on any atom is -0.507 e. The van der Waals surface area contributed by atoms with Gasteiger partial charge < -0.3 is 50.1 Å². The van der Waals surface area contributed by atoms with Crippen molar-refractivity contribution in [1.29, 1.82) is 0 Å². The summed E-state index contributed by atoms with van der Waals surface area (Å²) in [5, 5.41) is 37.4. The highest BCUT2D eigenvalue weighted by atomic mass is 32.1. The molecule has 5 N–H and O–H groups in total. The molecule has 5 aliphatic rings. The number of nitrogens with one attached hydrogen (secondary N) is 1. The first-order chi connectivity index (χ1) is 36.3. The van der Waals surface area contributed by atoms with E-state index >= 15 is 0 Å². The van der Waals surface area contributed by atoms with Crippen LogP contribution in [-0.2, 0) is 9.59 Å². The van der Waals surface area contributed by atoms with E-state index in [1.165, 1.54) is 4.90 Å². The number of piperazine rings is 2. The van der Waals surface area contributed by atoms with E-state index in [0.29, 0.717) is 46.5 Å². The fourth-order valence-corrected chi connectivity index (χ4v) is 13.0. The molecule has 1 unspecified atom stereocenters. The van der Waals surface area contributed by atoms with Gasteiger partial charge in [-0.2, -0.15) is 0 Å². The molecule has 0 spiro atoms. The maximum absolute atomic E-state index is 14.4. The zero-order valence-corrected chi connectivity index (χ0v) is 44.1. The van der Waals surface area contributed by atoms with E-state index in [2.05, 4.69) is 69.3 Å². The number of amides is 2. The largest absolute Gasteiger partial charge is 0.507 e. The molecule has 11 rings (SSSR count). The van der Waals surface area contributed by atoms with Crippen LogP contribution in [0.4, 0.5) is 23.0 Å². The Bertz CT molecular complexity index is 2980. The molecule has 2 aromatic carbocycles. The van der Waals surface area contributed by atoms with Crippen LogP contribution < -0.4 is 30.5 Å². The number of likely N-dealkylation sites (tertiary alicyclic amines) is 1. The fraction of sp³-hybridized carbons (Fsp3) is 0.482. The Labute approximate surface area is 441 Å². The summed E-state index contributed by atoms with van der Waals surface area (Å²) in [6, 6.07) is 23.1. The summed E-state index contributed by atoms with van der Waals surface area (Å²) in [6.07, 6.45) is 5.41. The van der Waals surface area contributed by atoms with E-state index in [9.17, 15) is 19.8 Å². The number of thiazole rings is 1. The predicted octanol–water partition coefficient (Wildman–Crippen LogP) is 7.05. The molecule has 4 saturated heterocycles. The number of hydrogen-bond acceptors (Lipinski definition) is 17. The second-order valence-corrected chi connectivity index (χ2v) is 22.5. The zero-order chi connectivity index (χ0) is 52.1. The maximum atomic E-state index is 14.4. The van der Waals surface area contributed by atoms with Crippen molar-refractivity contribution in [3.63, 3.8) is 0 Å². The van der Waals surface area contributed by atoms with Crippen molar-refractivity contribution in [2.45, 2.75) is 115 Å². The molecule has 2 amide bonds. The summed E-state index contributed by atoms with van der Waals surface area (Å²) in [4.78, 5) is 49.5. The third kappa shape index (κ3) is 10.2. The number of β-amino-alcohol motifs (C(OH)–C–C–N with tert-alkyl or cyclic N) is 1. The summed E-state index contributed by atoms with van der Waals surface area (Å²) in [5.41, 5.74) is 14.4. The van der Waals surface area contributed by atoms with Crippen molar-refractivity contribution in [2.24, 2.45) is 11.8 Å². The van der Waals surface area contributed by atoms with Crippen LogP contribution in [0.5, 0.6) is 11.6 Å². The number of aliphatic hydroxyl groups excluding tert-OH is 1. The molecule has 8 heterocycles. The van der Waals surface area contributed by atoms with Crippen molar-refractivity contribution in [3.05, 3.63) is 102 Å². The van der Waals surface area contributed by atoms with Gasteiger partial charge in [-0.25, -0.2) is 9.97 Å².